The van der Waals surface area contributed by atoms with Crippen LogP contribution in [0.5, 0.6) is 0 Å². The molecule has 0 saturated heterocycles. The third-order valence-electron chi connectivity index (χ3n) is 3.60. The van der Waals surface area contributed by atoms with Crippen LogP contribution >= 0.6 is 0 Å². The van der Waals surface area contributed by atoms with Gasteiger partial charge in [-0.15, -0.1) is 0 Å². The van der Waals surface area contributed by atoms with Crippen LogP contribution in [0.4, 0.5) is 11.5 Å². The van der Waals surface area contributed by atoms with E-state index in [4.69, 9.17) is 11.5 Å². The van der Waals surface area contributed by atoms with Crippen LogP contribution in [0.25, 0.3) is 0 Å². The quantitative estimate of drug-likeness (QED) is 0.763. The van der Waals surface area contributed by atoms with Crippen molar-refractivity contribution >= 4 is 11.5 Å². The molecule has 0 atom stereocenters. The average molecular weight is 219 g/mol. The predicted molar refractivity (Wildman–Crippen MR) is 68.1 cm³/mol. The summed E-state index contributed by atoms with van der Waals surface area (Å²) in [7, 11) is 0. The molecule has 1 aromatic rings. The van der Waals surface area contributed by atoms with Gasteiger partial charge in [0.05, 0.1) is 5.69 Å². The Morgan fingerprint density at radius 3 is 2.31 bits per heavy atom. The lowest BCUT2D eigenvalue weighted by atomic mass is 9.85. The molecule has 1 aromatic heterocycles. The average Bonchev–Trinajstić information content (AvgIpc) is 2.23. The largest absolute Gasteiger partial charge is 0.396 e. The SMILES string of the molecule is Nc1nccc(C2CCCCCCC2)c1N. The molecule has 3 nitrogen and oxygen atoms in total. The van der Waals surface area contributed by atoms with Crippen LogP contribution < -0.4 is 11.5 Å². The van der Waals surface area contributed by atoms with E-state index < -0.39 is 0 Å². The molecular weight excluding hydrogens is 198 g/mol. The Labute approximate surface area is 97.2 Å². The predicted octanol–water partition coefficient (Wildman–Crippen LogP) is 3.07. The standard InChI is InChI=1S/C13H21N3/c14-12-11(8-9-16-13(12)15)10-6-4-2-1-3-5-7-10/h8-10H,1-7,14H2,(H2,15,16). The number of nitrogens with two attached hydrogens (primary N) is 2. The maximum atomic E-state index is 6.02. The third-order valence-corrected chi connectivity index (χ3v) is 3.60. The summed E-state index contributed by atoms with van der Waals surface area (Å²) in [5, 5.41) is 0. The first kappa shape index (κ1) is 11.2. The molecule has 1 aliphatic rings. The number of aromatic nitrogens is 1. The molecule has 0 spiro atoms. The molecule has 1 saturated carbocycles. The zero-order chi connectivity index (χ0) is 11.4. The molecule has 16 heavy (non-hydrogen) atoms. The molecule has 88 valence electrons. The van der Waals surface area contributed by atoms with Crippen LogP contribution in [-0.2, 0) is 0 Å². The van der Waals surface area contributed by atoms with Gasteiger partial charge in [0.2, 0.25) is 0 Å². The summed E-state index contributed by atoms with van der Waals surface area (Å²) in [6.45, 7) is 0. The van der Waals surface area contributed by atoms with Crippen molar-refractivity contribution in [2.75, 3.05) is 11.5 Å². The molecule has 1 fully saturated rings. The summed E-state index contributed by atoms with van der Waals surface area (Å²) in [6, 6.07) is 2.04. The Morgan fingerprint density at radius 2 is 1.62 bits per heavy atom. The number of nitrogens with zero attached hydrogens (tertiary/aromatic N) is 1. The van der Waals surface area contributed by atoms with Crippen molar-refractivity contribution in [3.63, 3.8) is 0 Å². The Bertz CT molecular complexity index is 341. The zero-order valence-corrected chi connectivity index (χ0v) is 9.78. The first-order valence-corrected chi connectivity index (χ1v) is 6.29. The molecule has 3 heteroatoms. The fourth-order valence-corrected chi connectivity index (χ4v) is 2.63. The summed E-state index contributed by atoms with van der Waals surface area (Å²) >= 11 is 0. The minimum Gasteiger partial charge on any atom is -0.396 e. The summed E-state index contributed by atoms with van der Waals surface area (Å²) in [6.07, 6.45) is 11.0. The Balaban J connectivity index is 2.17. The summed E-state index contributed by atoms with van der Waals surface area (Å²) in [4.78, 5) is 4.03. The highest BCUT2D eigenvalue weighted by molar-refractivity contribution is 5.63. The van der Waals surface area contributed by atoms with Gasteiger partial charge in [0, 0.05) is 6.20 Å². The molecular formula is C13H21N3. The normalized spacial score (nSPS) is 19.0. The highest BCUT2D eigenvalue weighted by atomic mass is 14.9. The van der Waals surface area contributed by atoms with Gasteiger partial charge in [-0.25, -0.2) is 4.98 Å². The van der Waals surface area contributed by atoms with E-state index in [-0.39, 0.29) is 0 Å². The molecule has 4 N–H and O–H groups in total. The fourth-order valence-electron chi connectivity index (χ4n) is 2.63. The monoisotopic (exact) mass is 219 g/mol. The van der Waals surface area contributed by atoms with Crippen LogP contribution in [0.3, 0.4) is 0 Å². The van der Waals surface area contributed by atoms with E-state index in [1.165, 1.54) is 50.5 Å². The summed E-state index contributed by atoms with van der Waals surface area (Å²) < 4.78 is 0. The number of nitrogen functional groups attached to an aromatic ring is 2. The summed E-state index contributed by atoms with van der Waals surface area (Å²) in [5.41, 5.74) is 13.7. The number of rotatable bonds is 1. The Hall–Kier alpha value is -1.25. The molecule has 0 aliphatic heterocycles. The molecule has 0 bridgehead atoms. The van der Waals surface area contributed by atoms with Gasteiger partial charge in [-0.3, -0.25) is 0 Å². The highest BCUT2D eigenvalue weighted by Crippen LogP contribution is 2.34. The number of pyridine rings is 1. The van der Waals surface area contributed by atoms with Crippen molar-refractivity contribution < 1.29 is 0 Å². The van der Waals surface area contributed by atoms with Crippen LogP contribution in [-0.4, -0.2) is 4.98 Å². The van der Waals surface area contributed by atoms with Gasteiger partial charge in [0.1, 0.15) is 5.82 Å². The second-order valence-corrected chi connectivity index (χ2v) is 4.74. The van der Waals surface area contributed by atoms with Gasteiger partial charge in [0.15, 0.2) is 0 Å². The number of hydrogen-bond donors (Lipinski definition) is 2. The van der Waals surface area contributed by atoms with E-state index in [9.17, 15) is 0 Å². The number of anilines is 2. The van der Waals surface area contributed by atoms with E-state index in [2.05, 4.69) is 4.98 Å². The second-order valence-electron chi connectivity index (χ2n) is 4.74. The van der Waals surface area contributed by atoms with Crippen molar-refractivity contribution in [1.29, 1.82) is 0 Å². The van der Waals surface area contributed by atoms with Gasteiger partial charge < -0.3 is 11.5 Å². The van der Waals surface area contributed by atoms with E-state index in [1.54, 1.807) is 6.20 Å². The van der Waals surface area contributed by atoms with Crippen molar-refractivity contribution in [3.8, 4) is 0 Å². The summed E-state index contributed by atoms with van der Waals surface area (Å²) in [5.74, 6) is 1.07. The smallest absolute Gasteiger partial charge is 0.146 e. The molecule has 2 rings (SSSR count). The van der Waals surface area contributed by atoms with Gasteiger partial charge in [-0.1, -0.05) is 32.1 Å². The minimum atomic E-state index is 0.486. The van der Waals surface area contributed by atoms with Gasteiger partial charge in [-0.05, 0) is 30.4 Å². The Morgan fingerprint density at radius 1 is 1.00 bits per heavy atom. The van der Waals surface area contributed by atoms with E-state index in [0.717, 1.165) is 0 Å². The van der Waals surface area contributed by atoms with Crippen LogP contribution in [0, 0.1) is 0 Å². The van der Waals surface area contributed by atoms with E-state index in [0.29, 0.717) is 17.4 Å². The topological polar surface area (TPSA) is 64.9 Å². The zero-order valence-electron chi connectivity index (χ0n) is 9.78. The molecule has 0 amide bonds. The lowest BCUT2D eigenvalue weighted by molar-refractivity contribution is 0.456. The maximum absolute atomic E-state index is 6.02. The highest BCUT2D eigenvalue weighted by Gasteiger charge is 2.17. The fraction of sp³-hybridized carbons (Fsp3) is 0.615. The van der Waals surface area contributed by atoms with Crippen LogP contribution in [0.15, 0.2) is 12.3 Å². The van der Waals surface area contributed by atoms with Crippen molar-refractivity contribution in [1.82, 2.24) is 4.98 Å². The molecule has 0 aromatic carbocycles. The van der Waals surface area contributed by atoms with Crippen LogP contribution in [0.2, 0.25) is 0 Å². The van der Waals surface area contributed by atoms with E-state index >= 15 is 0 Å². The lowest BCUT2D eigenvalue weighted by Crippen LogP contribution is -2.08. The minimum absolute atomic E-state index is 0.486. The Kier molecular flexibility index (Phi) is 3.65. The van der Waals surface area contributed by atoms with Gasteiger partial charge >= 0.3 is 0 Å². The van der Waals surface area contributed by atoms with Gasteiger partial charge in [-0.2, -0.15) is 0 Å². The second kappa shape index (κ2) is 5.19. The third kappa shape index (κ3) is 2.46. The molecule has 1 heterocycles. The molecule has 0 radical (unpaired) electrons. The molecule has 1 aliphatic carbocycles. The van der Waals surface area contributed by atoms with Gasteiger partial charge in [0.25, 0.3) is 0 Å². The van der Waals surface area contributed by atoms with Crippen molar-refractivity contribution in [3.05, 3.63) is 17.8 Å². The first-order valence-electron chi connectivity index (χ1n) is 6.29. The van der Waals surface area contributed by atoms with E-state index in [1.807, 2.05) is 6.07 Å². The van der Waals surface area contributed by atoms with Crippen LogP contribution in [0.1, 0.15) is 56.4 Å². The molecule has 0 unspecified atom stereocenters. The first-order chi connectivity index (χ1) is 7.79. The van der Waals surface area contributed by atoms with Crippen molar-refractivity contribution in [2.45, 2.75) is 50.9 Å². The lowest BCUT2D eigenvalue weighted by Gasteiger charge is -2.21. The van der Waals surface area contributed by atoms with Crippen molar-refractivity contribution in [2.24, 2.45) is 0 Å². The maximum Gasteiger partial charge on any atom is 0.146 e. The number of hydrogen-bond acceptors (Lipinski definition) is 3.